The summed E-state index contributed by atoms with van der Waals surface area (Å²) in [6, 6.07) is 0. The Bertz CT molecular complexity index is 377. The van der Waals surface area contributed by atoms with Gasteiger partial charge in [-0.05, 0) is 20.3 Å². The predicted molar refractivity (Wildman–Crippen MR) is 67.8 cm³/mol. The molecule has 0 aromatic rings. The van der Waals surface area contributed by atoms with E-state index in [9.17, 15) is 18.0 Å². The van der Waals surface area contributed by atoms with Gasteiger partial charge in [0.1, 0.15) is 5.75 Å². The van der Waals surface area contributed by atoms with Gasteiger partial charge in [-0.25, -0.2) is 8.42 Å². The second kappa shape index (κ2) is 8.07. The van der Waals surface area contributed by atoms with E-state index < -0.39 is 32.7 Å². The van der Waals surface area contributed by atoms with Crippen LogP contribution < -0.4 is 5.32 Å². The van der Waals surface area contributed by atoms with Crippen LogP contribution in [0.15, 0.2) is 0 Å². The molecule has 0 rings (SSSR count). The number of esters is 1. The normalized spacial score (nSPS) is 12.8. The van der Waals surface area contributed by atoms with Crippen LogP contribution in [-0.4, -0.2) is 44.4 Å². The first kappa shape index (κ1) is 16.9. The van der Waals surface area contributed by atoms with E-state index in [0.29, 0.717) is 6.54 Å². The maximum Gasteiger partial charge on any atom is 0.307 e. The van der Waals surface area contributed by atoms with Crippen molar-refractivity contribution in [2.24, 2.45) is 0 Å². The fourth-order valence-electron chi connectivity index (χ4n) is 1.22. The van der Waals surface area contributed by atoms with Crippen LogP contribution in [0, 0.1) is 0 Å². The van der Waals surface area contributed by atoms with E-state index in [-0.39, 0.29) is 13.0 Å². The molecular formula is C11H21NO5S. The Morgan fingerprint density at radius 1 is 1.28 bits per heavy atom. The fraction of sp³-hybridized carbons (Fsp3) is 0.818. The molecule has 7 heteroatoms. The highest BCUT2D eigenvalue weighted by molar-refractivity contribution is 7.92. The summed E-state index contributed by atoms with van der Waals surface area (Å²) in [5, 5.41) is 1.57. The van der Waals surface area contributed by atoms with E-state index in [4.69, 9.17) is 0 Å². The van der Waals surface area contributed by atoms with Crippen molar-refractivity contribution in [1.82, 2.24) is 5.32 Å². The molecule has 0 aliphatic carbocycles. The summed E-state index contributed by atoms with van der Waals surface area (Å²) in [6.07, 6.45) is 0.515. The lowest BCUT2D eigenvalue weighted by molar-refractivity contribution is -0.143. The smallest absolute Gasteiger partial charge is 0.307 e. The number of carbonyl (C=O) groups is 2. The Morgan fingerprint density at radius 3 is 2.39 bits per heavy atom. The quantitative estimate of drug-likeness (QED) is 0.644. The van der Waals surface area contributed by atoms with Crippen molar-refractivity contribution in [3.63, 3.8) is 0 Å². The van der Waals surface area contributed by atoms with Crippen molar-refractivity contribution in [2.45, 2.75) is 38.9 Å². The third kappa shape index (κ3) is 6.58. The van der Waals surface area contributed by atoms with Gasteiger partial charge in [-0.3, -0.25) is 9.59 Å². The van der Waals surface area contributed by atoms with Crippen LogP contribution in [0.5, 0.6) is 0 Å². The largest absolute Gasteiger partial charge is 0.466 e. The standard InChI is InChI=1S/C11H21NO5S/c1-4-6-12-10(13)8-18(15,16)9(3)7-11(14)17-5-2/h9H,4-8H2,1-3H3,(H,12,13). The molecule has 0 aliphatic heterocycles. The first-order valence-electron chi connectivity index (χ1n) is 5.97. The maximum atomic E-state index is 11.8. The van der Waals surface area contributed by atoms with E-state index >= 15 is 0 Å². The monoisotopic (exact) mass is 279 g/mol. The summed E-state index contributed by atoms with van der Waals surface area (Å²) >= 11 is 0. The highest BCUT2D eigenvalue weighted by Crippen LogP contribution is 2.07. The van der Waals surface area contributed by atoms with Crippen molar-refractivity contribution in [1.29, 1.82) is 0 Å². The van der Waals surface area contributed by atoms with Crippen LogP contribution in [0.4, 0.5) is 0 Å². The van der Waals surface area contributed by atoms with Gasteiger partial charge < -0.3 is 10.1 Å². The van der Waals surface area contributed by atoms with Gasteiger partial charge in [0.25, 0.3) is 0 Å². The van der Waals surface area contributed by atoms with Crippen LogP contribution in [-0.2, 0) is 24.2 Å². The molecule has 1 atom stereocenters. The minimum absolute atomic E-state index is 0.211. The van der Waals surface area contributed by atoms with E-state index in [1.54, 1.807) is 6.92 Å². The van der Waals surface area contributed by atoms with Crippen LogP contribution >= 0.6 is 0 Å². The molecule has 1 N–H and O–H groups in total. The van der Waals surface area contributed by atoms with Gasteiger partial charge >= 0.3 is 5.97 Å². The van der Waals surface area contributed by atoms with Crippen LogP contribution in [0.3, 0.4) is 0 Å². The maximum absolute atomic E-state index is 11.8. The topological polar surface area (TPSA) is 89.5 Å². The molecule has 0 radical (unpaired) electrons. The van der Waals surface area contributed by atoms with Gasteiger partial charge in [0.15, 0.2) is 9.84 Å². The molecule has 0 fully saturated rings. The second-order valence-corrected chi connectivity index (χ2v) is 6.40. The number of rotatable bonds is 8. The van der Waals surface area contributed by atoms with Crippen molar-refractivity contribution in [3.8, 4) is 0 Å². The molecule has 0 saturated carbocycles. The Kier molecular flexibility index (Phi) is 7.58. The lowest BCUT2D eigenvalue weighted by Crippen LogP contribution is -2.35. The van der Waals surface area contributed by atoms with Gasteiger partial charge in [0.05, 0.1) is 18.3 Å². The first-order chi connectivity index (χ1) is 8.33. The van der Waals surface area contributed by atoms with E-state index in [2.05, 4.69) is 10.1 Å². The number of ether oxygens (including phenoxy) is 1. The molecule has 0 aromatic carbocycles. The molecule has 0 aliphatic rings. The highest BCUT2D eigenvalue weighted by Gasteiger charge is 2.26. The molecule has 0 heterocycles. The molecule has 0 aromatic heterocycles. The zero-order chi connectivity index (χ0) is 14.2. The van der Waals surface area contributed by atoms with Gasteiger partial charge in [0.2, 0.25) is 5.91 Å². The molecule has 1 amide bonds. The molecule has 1 unspecified atom stereocenters. The van der Waals surface area contributed by atoms with Crippen molar-refractivity contribution < 1.29 is 22.7 Å². The molecule has 0 saturated heterocycles. The minimum atomic E-state index is -3.62. The summed E-state index contributed by atoms with van der Waals surface area (Å²) in [5.74, 6) is -1.69. The van der Waals surface area contributed by atoms with Crippen LogP contribution in [0.1, 0.15) is 33.6 Å². The lowest BCUT2D eigenvalue weighted by atomic mass is 10.3. The van der Waals surface area contributed by atoms with Crippen molar-refractivity contribution in [2.75, 3.05) is 18.9 Å². The van der Waals surface area contributed by atoms with Gasteiger partial charge in [-0.1, -0.05) is 6.92 Å². The second-order valence-electron chi connectivity index (χ2n) is 3.98. The lowest BCUT2D eigenvalue weighted by Gasteiger charge is -2.12. The third-order valence-corrected chi connectivity index (χ3v) is 4.33. The van der Waals surface area contributed by atoms with E-state index in [0.717, 1.165) is 6.42 Å². The molecular weight excluding hydrogens is 258 g/mol. The van der Waals surface area contributed by atoms with E-state index in [1.165, 1.54) is 6.92 Å². The van der Waals surface area contributed by atoms with Crippen molar-refractivity contribution in [3.05, 3.63) is 0 Å². The summed E-state index contributed by atoms with van der Waals surface area (Å²) < 4.78 is 28.2. The number of amides is 1. The number of carbonyl (C=O) groups excluding carboxylic acids is 2. The Hall–Kier alpha value is -1.11. The van der Waals surface area contributed by atoms with Crippen molar-refractivity contribution >= 4 is 21.7 Å². The third-order valence-electron chi connectivity index (χ3n) is 2.28. The summed E-state index contributed by atoms with van der Waals surface area (Å²) in [4.78, 5) is 22.5. The molecule has 0 bridgehead atoms. The average Bonchev–Trinajstić information content (AvgIpc) is 2.25. The molecule has 6 nitrogen and oxygen atoms in total. The fourth-order valence-corrected chi connectivity index (χ4v) is 2.36. The summed E-state index contributed by atoms with van der Waals surface area (Å²) in [7, 11) is -3.62. The predicted octanol–water partition coefficient (Wildman–Crippen LogP) is 0.269. The average molecular weight is 279 g/mol. The number of sulfone groups is 1. The van der Waals surface area contributed by atoms with Crippen LogP contribution in [0.25, 0.3) is 0 Å². The zero-order valence-corrected chi connectivity index (χ0v) is 11.9. The Morgan fingerprint density at radius 2 is 1.89 bits per heavy atom. The highest BCUT2D eigenvalue weighted by atomic mass is 32.2. The summed E-state index contributed by atoms with van der Waals surface area (Å²) in [6.45, 7) is 5.58. The first-order valence-corrected chi connectivity index (χ1v) is 7.68. The molecule has 0 spiro atoms. The van der Waals surface area contributed by atoms with Crippen LogP contribution in [0.2, 0.25) is 0 Å². The number of hydrogen-bond acceptors (Lipinski definition) is 5. The SMILES string of the molecule is CCCNC(=O)CS(=O)(=O)C(C)CC(=O)OCC. The molecule has 106 valence electrons. The zero-order valence-electron chi connectivity index (χ0n) is 11.1. The summed E-state index contributed by atoms with van der Waals surface area (Å²) in [5.41, 5.74) is 0. The minimum Gasteiger partial charge on any atom is -0.466 e. The Labute approximate surface area is 108 Å². The number of nitrogens with one attached hydrogen (secondary N) is 1. The molecule has 18 heavy (non-hydrogen) atoms. The number of hydrogen-bond donors (Lipinski definition) is 1. The van der Waals surface area contributed by atoms with E-state index in [1.807, 2.05) is 6.92 Å². The van der Waals surface area contributed by atoms with Gasteiger partial charge in [-0.2, -0.15) is 0 Å². The van der Waals surface area contributed by atoms with Gasteiger partial charge in [-0.15, -0.1) is 0 Å². The van der Waals surface area contributed by atoms with Gasteiger partial charge in [0, 0.05) is 6.54 Å². The Balaban J connectivity index is 4.35.